The average molecular weight is 465 g/mol. The van der Waals surface area contributed by atoms with Crippen LogP contribution in [-0.2, 0) is 12.7 Å². The van der Waals surface area contributed by atoms with Crippen molar-refractivity contribution in [2.24, 2.45) is 0 Å². The lowest BCUT2D eigenvalue weighted by molar-refractivity contribution is -0.141. The number of aromatic nitrogens is 4. The van der Waals surface area contributed by atoms with Gasteiger partial charge in [0.15, 0.2) is 5.82 Å². The minimum Gasteiger partial charge on any atom is -0.314 e. The van der Waals surface area contributed by atoms with E-state index in [-0.39, 0.29) is 17.4 Å². The van der Waals surface area contributed by atoms with Gasteiger partial charge in [-0.2, -0.15) is 13.2 Å². The minimum atomic E-state index is -4.54. The van der Waals surface area contributed by atoms with Crippen molar-refractivity contribution in [1.82, 2.24) is 24.6 Å². The second-order valence-electron chi connectivity index (χ2n) is 7.55. The molecule has 0 spiro atoms. The first-order chi connectivity index (χ1) is 15.2. The topological polar surface area (TPSA) is 75.9 Å². The van der Waals surface area contributed by atoms with E-state index in [1.807, 2.05) is 16.7 Å². The van der Waals surface area contributed by atoms with Crippen LogP contribution in [0.5, 0.6) is 0 Å². The molecular weight excluding hydrogens is 445 g/mol. The van der Waals surface area contributed by atoms with E-state index in [4.69, 9.17) is 11.6 Å². The van der Waals surface area contributed by atoms with Crippen LogP contribution in [0.15, 0.2) is 42.7 Å². The summed E-state index contributed by atoms with van der Waals surface area (Å²) < 4.78 is 40.4. The number of benzene rings is 1. The standard InChI is InChI=1S/C21H20ClF3N6O/c1-13-16(8-9-18(27-13)21(23,24)25)28-20(32)31-10-2-3-17(31)19-29-26-12-30(19)11-14-4-6-15(22)7-5-14/h4-9,12,17H,2-3,10-11H2,1H3,(H,28,32)/t17-/m1/s1. The Bertz CT molecular complexity index is 1120. The molecule has 2 aromatic heterocycles. The Labute approximate surface area is 187 Å². The van der Waals surface area contributed by atoms with Gasteiger partial charge in [0.25, 0.3) is 0 Å². The molecule has 1 aliphatic heterocycles. The molecule has 2 amide bonds. The van der Waals surface area contributed by atoms with E-state index in [1.54, 1.807) is 23.4 Å². The van der Waals surface area contributed by atoms with Gasteiger partial charge < -0.3 is 14.8 Å². The predicted molar refractivity (Wildman–Crippen MR) is 112 cm³/mol. The molecule has 1 aromatic carbocycles. The number of hydrogen-bond donors (Lipinski definition) is 1. The molecule has 32 heavy (non-hydrogen) atoms. The molecule has 0 aliphatic carbocycles. The average Bonchev–Trinajstić information content (AvgIpc) is 3.39. The summed E-state index contributed by atoms with van der Waals surface area (Å²) in [7, 11) is 0. The van der Waals surface area contributed by atoms with Crippen LogP contribution in [0.3, 0.4) is 0 Å². The van der Waals surface area contributed by atoms with Crippen molar-refractivity contribution in [3.8, 4) is 0 Å². The van der Waals surface area contributed by atoms with Gasteiger partial charge in [-0.1, -0.05) is 23.7 Å². The molecule has 1 N–H and O–H groups in total. The van der Waals surface area contributed by atoms with E-state index < -0.39 is 17.9 Å². The van der Waals surface area contributed by atoms with Crippen molar-refractivity contribution in [2.45, 2.75) is 38.5 Å². The molecule has 1 atom stereocenters. The molecule has 0 saturated carbocycles. The van der Waals surface area contributed by atoms with Gasteiger partial charge in [0.1, 0.15) is 12.0 Å². The highest BCUT2D eigenvalue weighted by molar-refractivity contribution is 6.30. The van der Waals surface area contributed by atoms with Crippen molar-refractivity contribution in [1.29, 1.82) is 0 Å². The van der Waals surface area contributed by atoms with Crippen LogP contribution in [0.1, 0.15) is 41.7 Å². The first kappa shape index (κ1) is 22.1. The first-order valence-electron chi connectivity index (χ1n) is 9.97. The molecule has 1 fully saturated rings. The maximum absolute atomic E-state index is 13.0. The number of likely N-dealkylation sites (tertiary alicyclic amines) is 1. The van der Waals surface area contributed by atoms with Crippen LogP contribution in [0, 0.1) is 6.92 Å². The van der Waals surface area contributed by atoms with E-state index in [9.17, 15) is 18.0 Å². The molecule has 1 saturated heterocycles. The number of anilines is 1. The number of pyridine rings is 1. The third-order valence-electron chi connectivity index (χ3n) is 5.34. The van der Waals surface area contributed by atoms with Crippen molar-refractivity contribution < 1.29 is 18.0 Å². The SMILES string of the molecule is Cc1nc(C(F)(F)F)ccc1NC(=O)N1CCC[C@@H]1c1nncn1Cc1ccc(Cl)cc1. The van der Waals surface area contributed by atoms with E-state index in [1.165, 1.54) is 13.0 Å². The van der Waals surface area contributed by atoms with Crippen LogP contribution in [0.2, 0.25) is 5.02 Å². The fourth-order valence-electron chi connectivity index (χ4n) is 3.75. The molecule has 3 aromatic rings. The summed E-state index contributed by atoms with van der Waals surface area (Å²) in [5, 5.41) is 11.6. The lowest BCUT2D eigenvalue weighted by atomic mass is 10.2. The third-order valence-corrected chi connectivity index (χ3v) is 5.59. The number of nitrogens with zero attached hydrogens (tertiary/aromatic N) is 5. The second kappa shape index (κ2) is 8.78. The zero-order valence-electron chi connectivity index (χ0n) is 17.1. The van der Waals surface area contributed by atoms with Crippen molar-refractivity contribution >= 4 is 23.3 Å². The van der Waals surface area contributed by atoms with Crippen molar-refractivity contribution in [3.63, 3.8) is 0 Å². The number of aryl methyl sites for hydroxylation is 1. The van der Waals surface area contributed by atoms with E-state index in [0.717, 1.165) is 18.1 Å². The van der Waals surface area contributed by atoms with Gasteiger partial charge in [0, 0.05) is 11.6 Å². The Morgan fingerprint density at radius 3 is 2.66 bits per heavy atom. The summed E-state index contributed by atoms with van der Waals surface area (Å²) in [6.07, 6.45) is -1.45. The quantitative estimate of drug-likeness (QED) is 0.584. The highest BCUT2D eigenvalue weighted by Crippen LogP contribution is 2.33. The Morgan fingerprint density at radius 1 is 1.22 bits per heavy atom. The smallest absolute Gasteiger partial charge is 0.314 e. The van der Waals surface area contributed by atoms with E-state index in [2.05, 4.69) is 20.5 Å². The zero-order chi connectivity index (χ0) is 22.9. The lowest BCUT2D eigenvalue weighted by Gasteiger charge is -2.25. The molecule has 1 aliphatic rings. The summed E-state index contributed by atoms with van der Waals surface area (Å²) in [4.78, 5) is 18.1. The Kier molecular flexibility index (Phi) is 6.05. The van der Waals surface area contributed by atoms with Crippen molar-refractivity contribution in [3.05, 3.63) is 70.5 Å². The van der Waals surface area contributed by atoms with Crippen LogP contribution in [-0.4, -0.2) is 37.2 Å². The first-order valence-corrected chi connectivity index (χ1v) is 10.3. The molecule has 168 valence electrons. The zero-order valence-corrected chi connectivity index (χ0v) is 17.9. The molecule has 11 heteroatoms. The molecule has 7 nitrogen and oxygen atoms in total. The Morgan fingerprint density at radius 2 is 1.97 bits per heavy atom. The summed E-state index contributed by atoms with van der Waals surface area (Å²) >= 11 is 5.95. The van der Waals surface area contributed by atoms with Gasteiger partial charge in [0.05, 0.1) is 24.0 Å². The molecule has 3 heterocycles. The van der Waals surface area contributed by atoms with Gasteiger partial charge in [0.2, 0.25) is 0 Å². The Balaban J connectivity index is 1.50. The number of halogens is 4. The molecule has 4 rings (SSSR count). The van der Waals surface area contributed by atoms with Gasteiger partial charge in [-0.05, 0) is 49.6 Å². The van der Waals surface area contributed by atoms with Crippen LogP contribution in [0.25, 0.3) is 0 Å². The van der Waals surface area contributed by atoms with Gasteiger partial charge in [-0.3, -0.25) is 0 Å². The summed E-state index contributed by atoms with van der Waals surface area (Å²) in [5.41, 5.74) is 0.337. The number of carbonyl (C=O) groups is 1. The third kappa shape index (κ3) is 4.69. The highest BCUT2D eigenvalue weighted by atomic mass is 35.5. The maximum Gasteiger partial charge on any atom is 0.433 e. The van der Waals surface area contributed by atoms with E-state index >= 15 is 0 Å². The summed E-state index contributed by atoms with van der Waals surface area (Å²) in [6.45, 7) is 2.44. The summed E-state index contributed by atoms with van der Waals surface area (Å²) in [6, 6.07) is 8.78. The number of carbonyl (C=O) groups excluding carboxylic acids is 1. The molecular formula is C21H20ClF3N6O. The number of urea groups is 1. The number of alkyl halides is 3. The highest BCUT2D eigenvalue weighted by Gasteiger charge is 2.35. The molecule has 0 bridgehead atoms. The fourth-order valence-corrected chi connectivity index (χ4v) is 3.87. The molecule has 0 radical (unpaired) electrons. The van der Waals surface area contributed by atoms with E-state index in [0.29, 0.717) is 30.4 Å². The van der Waals surface area contributed by atoms with Crippen LogP contribution < -0.4 is 5.32 Å². The number of hydrogen-bond acceptors (Lipinski definition) is 4. The normalized spacial score (nSPS) is 16.4. The fraction of sp³-hybridized carbons (Fsp3) is 0.333. The van der Waals surface area contributed by atoms with Crippen molar-refractivity contribution in [2.75, 3.05) is 11.9 Å². The monoisotopic (exact) mass is 464 g/mol. The minimum absolute atomic E-state index is 0.0924. The van der Waals surface area contributed by atoms with Crippen LogP contribution >= 0.6 is 11.6 Å². The summed E-state index contributed by atoms with van der Waals surface area (Å²) in [5.74, 6) is 0.648. The van der Waals surface area contributed by atoms with Gasteiger partial charge in [-0.15, -0.1) is 10.2 Å². The maximum atomic E-state index is 13.0. The number of amides is 2. The van der Waals surface area contributed by atoms with Gasteiger partial charge in [-0.25, -0.2) is 9.78 Å². The number of nitrogens with one attached hydrogen (secondary N) is 1. The Hall–Kier alpha value is -3.14. The lowest BCUT2D eigenvalue weighted by Crippen LogP contribution is -2.35. The predicted octanol–water partition coefficient (Wildman–Crippen LogP) is 5.07. The van der Waals surface area contributed by atoms with Gasteiger partial charge >= 0.3 is 12.2 Å². The largest absolute Gasteiger partial charge is 0.433 e. The molecule has 0 unspecified atom stereocenters. The number of rotatable bonds is 4. The van der Waals surface area contributed by atoms with Crippen LogP contribution in [0.4, 0.5) is 23.7 Å². The second-order valence-corrected chi connectivity index (χ2v) is 7.99.